The van der Waals surface area contributed by atoms with Crippen LogP contribution in [-0.2, 0) is 14.3 Å². The van der Waals surface area contributed by atoms with Crippen LogP contribution in [0.2, 0.25) is 0 Å². The SMILES string of the molecule is CCOC(=O)[C@@H]1CS[C@H](c2ccc3c(c2)OCO3)N1C(C)=O. The molecule has 0 unspecified atom stereocenters. The average molecular weight is 323 g/mol. The van der Waals surface area contributed by atoms with Crippen molar-refractivity contribution in [2.24, 2.45) is 0 Å². The predicted octanol–water partition coefficient (Wildman–Crippen LogP) is 1.94. The van der Waals surface area contributed by atoms with Gasteiger partial charge in [0.15, 0.2) is 11.5 Å². The van der Waals surface area contributed by atoms with Gasteiger partial charge in [-0.05, 0) is 24.6 Å². The Morgan fingerprint density at radius 2 is 2.14 bits per heavy atom. The van der Waals surface area contributed by atoms with E-state index in [-0.39, 0.29) is 24.0 Å². The number of amides is 1. The van der Waals surface area contributed by atoms with Crippen molar-refractivity contribution >= 4 is 23.6 Å². The van der Waals surface area contributed by atoms with Crippen molar-refractivity contribution in [1.29, 1.82) is 0 Å². The molecule has 6 nitrogen and oxygen atoms in total. The Balaban J connectivity index is 1.87. The van der Waals surface area contributed by atoms with Crippen LogP contribution in [0.1, 0.15) is 24.8 Å². The van der Waals surface area contributed by atoms with Crippen molar-refractivity contribution in [3.63, 3.8) is 0 Å². The van der Waals surface area contributed by atoms with E-state index in [9.17, 15) is 9.59 Å². The number of hydrogen-bond acceptors (Lipinski definition) is 6. The highest BCUT2D eigenvalue weighted by molar-refractivity contribution is 7.99. The van der Waals surface area contributed by atoms with Crippen LogP contribution in [0.3, 0.4) is 0 Å². The van der Waals surface area contributed by atoms with Crippen molar-refractivity contribution in [1.82, 2.24) is 4.90 Å². The van der Waals surface area contributed by atoms with Gasteiger partial charge < -0.3 is 19.1 Å². The topological polar surface area (TPSA) is 65.1 Å². The number of hydrogen-bond donors (Lipinski definition) is 0. The largest absolute Gasteiger partial charge is 0.464 e. The molecule has 2 atom stereocenters. The van der Waals surface area contributed by atoms with Crippen molar-refractivity contribution in [2.75, 3.05) is 19.2 Å². The van der Waals surface area contributed by atoms with Gasteiger partial charge in [0.25, 0.3) is 0 Å². The minimum absolute atomic E-state index is 0.147. The molecule has 1 aromatic rings. The Morgan fingerprint density at radius 1 is 1.36 bits per heavy atom. The summed E-state index contributed by atoms with van der Waals surface area (Å²) in [5.41, 5.74) is 0.913. The van der Waals surface area contributed by atoms with E-state index >= 15 is 0 Å². The number of benzene rings is 1. The first-order chi connectivity index (χ1) is 10.6. The molecule has 22 heavy (non-hydrogen) atoms. The molecule has 2 heterocycles. The smallest absolute Gasteiger partial charge is 0.329 e. The normalized spacial score (nSPS) is 22.7. The van der Waals surface area contributed by atoms with Gasteiger partial charge in [-0.2, -0.15) is 0 Å². The van der Waals surface area contributed by atoms with E-state index in [1.165, 1.54) is 6.92 Å². The zero-order valence-electron chi connectivity index (χ0n) is 12.4. The number of carbonyl (C=O) groups is 2. The zero-order valence-corrected chi connectivity index (χ0v) is 13.2. The van der Waals surface area contributed by atoms with Crippen LogP contribution >= 0.6 is 11.8 Å². The summed E-state index contributed by atoms with van der Waals surface area (Å²) in [6.07, 6.45) is 0. The number of rotatable bonds is 3. The lowest BCUT2D eigenvalue weighted by Gasteiger charge is -2.27. The summed E-state index contributed by atoms with van der Waals surface area (Å²) in [6, 6.07) is 5.05. The van der Waals surface area contributed by atoms with E-state index in [0.717, 1.165) is 5.56 Å². The standard InChI is InChI=1S/C15H17NO5S/c1-3-19-15(18)11-7-22-14(16(11)9(2)17)10-4-5-12-13(6-10)21-8-20-12/h4-6,11,14H,3,7-8H2,1-2H3/t11-,14+/m0/s1. The van der Waals surface area contributed by atoms with Crippen LogP contribution in [0.4, 0.5) is 0 Å². The fourth-order valence-corrected chi connectivity index (χ4v) is 4.09. The number of fused-ring (bicyclic) bond motifs is 1. The van der Waals surface area contributed by atoms with Crippen LogP contribution < -0.4 is 9.47 Å². The van der Waals surface area contributed by atoms with Gasteiger partial charge in [-0.25, -0.2) is 4.79 Å². The summed E-state index contributed by atoms with van der Waals surface area (Å²) in [7, 11) is 0. The second-order valence-electron chi connectivity index (χ2n) is 4.99. The summed E-state index contributed by atoms with van der Waals surface area (Å²) < 4.78 is 15.8. The molecule has 0 aromatic heterocycles. The van der Waals surface area contributed by atoms with E-state index in [1.54, 1.807) is 23.6 Å². The molecule has 0 radical (unpaired) electrons. The summed E-state index contributed by atoms with van der Waals surface area (Å²) in [6.45, 7) is 3.74. The van der Waals surface area contributed by atoms with Gasteiger partial charge in [-0.15, -0.1) is 11.8 Å². The van der Waals surface area contributed by atoms with Crippen LogP contribution in [0.15, 0.2) is 18.2 Å². The molecule has 1 amide bonds. The molecule has 2 aliphatic rings. The number of thioether (sulfide) groups is 1. The number of nitrogens with zero attached hydrogens (tertiary/aromatic N) is 1. The highest BCUT2D eigenvalue weighted by Crippen LogP contribution is 2.44. The van der Waals surface area contributed by atoms with Gasteiger partial charge >= 0.3 is 5.97 Å². The van der Waals surface area contributed by atoms with Gasteiger partial charge in [0.2, 0.25) is 12.7 Å². The van der Waals surface area contributed by atoms with Gasteiger partial charge in [-0.3, -0.25) is 4.79 Å². The molecule has 2 aliphatic heterocycles. The van der Waals surface area contributed by atoms with Crippen LogP contribution in [-0.4, -0.2) is 42.0 Å². The third-order valence-corrected chi connectivity index (χ3v) is 4.93. The molecule has 1 saturated heterocycles. The minimum Gasteiger partial charge on any atom is -0.464 e. The molecule has 0 saturated carbocycles. The lowest BCUT2D eigenvalue weighted by molar-refractivity contribution is -0.153. The molecule has 1 aromatic carbocycles. The monoisotopic (exact) mass is 323 g/mol. The Morgan fingerprint density at radius 3 is 2.86 bits per heavy atom. The second-order valence-corrected chi connectivity index (χ2v) is 6.11. The van der Waals surface area contributed by atoms with Gasteiger partial charge in [0, 0.05) is 12.7 Å². The van der Waals surface area contributed by atoms with E-state index in [4.69, 9.17) is 14.2 Å². The Kier molecular flexibility index (Phi) is 4.15. The maximum absolute atomic E-state index is 12.1. The first kappa shape index (κ1) is 15.0. The maximum atomic E-state index is 12.1. The molecule has 0 aliphatic carbocycles. The highest BCUT2D eigenvalue weighted by Gasteiger charge is 2.42. The quantitative estimate of drug-likeness (QED) is 0.792. The Hall–Kier alpha value is -1.89. The van der Waals surface area contributed by atoms with Gasteiger partial charge in [0.05, 0.1) is 6.61 Å². The van der Waals surface area contributed by atoms with E-state index in [2.05, 4.69) is 0 Å². The molecule has 118 valence electrons. The molecule has 0 N–H and O–H groups in total. The molecule has 0 spiro atoms. The van der Waals surface area contributed by atoms with Crippen LogP contribution in [0.25, 0.3) is 0 Å². The summed E-state index contributed by atoms with van der Waals surface area (Å²) in [5, 5.41) is -0.221. The Bertz CT molecular complexity index is 606. The van der Waals surface area contributed by atoms with E-state index in [1.807, 2.05) is 18.2 Å². The summed E-state index contributed by atoms with van der Waals surface area (Å²) in [4.78, 5) is 25.7. The first-order valence-corrected chi connectivity index (χ1v) is 8.13. The highest BCUT2D eigenvalue weighted by atomic mass is 32.2. The molecule has 0 bridgehead atoms. The van der Waals surface area contributed by atoms with E-state index < -0.39 is 6.04 Å². The zero-order chi connectivity index (χ0) is 15.7. The summed E-state index contributed by atoms with van der Waals surface area (Å²) in [5.74, 6) is 1.39. The third kappa shape index (κ3) is 2.61. The molecule has 3 rings (SSSR count). The fourth-order valence-electron chi connectivity index (χ4n) is 2.63. The minimum atomic E-state index is -0.544. The number of carbonyl (C=O) groups excluding carboxylic acids is 2. The van der Waals surface area contributed by atoms with Crippen molar-refractivity contribution in [3.8, 4) is 11.5 Å². The predicted molar refractivity (Wildman–Crippen MR) is 80.7 cm³/mol. The van der Waals surface area contributed by atoms with Crippen LogP contribution in [0.5, 0.6) is 11.5 Å². The number of ether oxygens (including phenoxy) is 3. The third-order valence-electron chi connectivity index (χ3n) is 3.60. The molecule has 1 fully saturated rings. The van der Waals surface area contributed by atoms with Crippen molar-refractivity contribution < 1.29 is 23.8 Å². The summed E-state index contributed by atoms with van der Waals surface area (Å²) >= 11 is 1.55. The second kappa shape index (κ2) is 6.08. The van der Waals surface area contributed by atoms with Crippen molar-refractivity contribution in [3.05, 3.63) is 23.8 Å². The molecular formula is C15H17NO5S. The van der Waals surface area contributed by atoms with Crippen LogP contribution in [0, 0.1) is 0 Å². The van der Waals surface area contributed by atoms with Gasteiger partial charge in [-0.1, -0.05) is 6.07 Å². The molecular weight excluding hydrogens is 306 g/mol. The average Bonchev–Trinajstić information content (AvgIpc) is 3.13. The first-order valence-electron chi connectivity index (χ1n) is 7.08. The maximum Gasteiger partial charge on any atom is 0.329 e. The lowest BCUT2D eigenvalue weighted by Crippen LogP contribution is -2.42. The molecule has 7 heteroatoms. The number of esters is 1. The Labute approximate surface area is 132 Å². The lowest BCUT2D eigenvalue weighted by atomic mass is 10.1. The van der Waals surface area contributed by atoms with E-state index in [0.29, 0.717) is 23.9 Å². The fraction of sp³-hybridized carbons (Fsp3) is 0.467. The van der Waals surface area contributed by atoms with Gasteiger partial charge in [0.1, 0.15) is 11.4 Å². The van der Waals surface area contributed by atoms with Crippen molar-refractivity contribution in [2.45, 2.75) is 25.3 Å².